The second-order valence-electron chi connectivity index (χ2n) is 10.5. The molecule has 33 heavy (non-hydrogen) atoms. The molecule has 1 aromatic heterocycles. The van der Waals surface area contributed by atoms with Crippen molar-refractivity contribution in [2.45, 2.75) is 76.5 Å². The lowest BCUT2D eigenvalue weighted by atomic mass is 9.71. The number of aromatic nitrogens is 1. The topological polar surface area (TPSA) is 74.1 Å². The Labute approximate surface area is 200 Å². The Bertz CT molecular complexity index is 1130. The first-order valence-corrected chi connectivity index (χ1v) is 12.5. The number of aryl methyl sites for hydroxylation is 1. The third-order valence-electron chi connectivity index (χ3n) is 6.87. The van der Waals surface area contributed by atoms with E-state index in [0.717, 1.165) is 36.1 Å². The fraction of sp³-hybridized carbons (Fsp3) is 0.481. The SMILES string of the molecule is CC(C)c1ccc(N2C(=O)CC(Sc3nc4c(cc3C#N)CC(C(C)(C)C)CC4)C2=O)cc1. The van der Waals surface area contributed by atoms with Crippen LogP contribution in [0.2, 0.25) is 0 Å². The molecule has 2 aromatic rings. The van der Waals surface area contributed by atoms with Gasteiger partial charge in [-0.25, -0.2) is 9.88 Å². The maximum absolute atomic E-state index is 13.2. The van der Waals surface area contributed by atoms with Crippen molar-refractivity contribution in [3.8, 4) is 6.07 Å². The van der Waals surface area contributed by atoms with Crippen molar-refractivity contribution in [2.24, 2.45) is 11.3 Å². The van der Waals surface area contributed by atoms with Gasteiger partial charge in [0.2, 0.25) is 11.8 Å². The van der Waals surface area contributed by atoms with Crippen molar-refractivity contribution in [3.63, 3.8) is 0 Å². The van der Waals surface area contributed by atoms with E-state index in [-0.39, 0.29) is 23.7 Å². The molecule has 2 amide bonds. The molecule has 0 N–H and O–H groups in total. The number of fused-ring (bicyclic) bond motifs is 1. The number of imide groups is 1. The van der Waals surface area contributed by atoms with Crippen LogP contribution in [-0.4, -0.2) is 22.0 Å². The molecule has 6 heteroatoms. The molecule has 0 radical (unpaired) electrons. The molecule has 2 atom stereocenters. The summed E-state index contributed by atoms with van der Waals surface area (Å²) < 4.78 is 0. The highest BCUT2D eigenvalue weighted by Crippen LogP contribution is 2.40. The largest absolute Gasteiger partial charge is 0.274 e. The molecule has 2 heterocycles. The molecule has 0 spiro atoms. The number of anilines is 1. The number of pyridine rings is 1. The minimum Gasteiger partial charge on any atom is -0.274 e. The molecule has 172 valence electrons. The fourth-order valence-corrected chi connectivity index (χ4v) is 5.76. The van der Waals surface area contributed by atoms with E-state index >= 15 is 0 Å². The minimum atomic E-state index is -0.564. The first-order chi connectivity index (χ1) is 15.6. The normalized spacial score (nSPS) is 20.8. The predicted octanol–water partition coefficient (Wildman–Crippen LogP) is 5.65. The first-order valence-electron chi connectivity index (χ1n) is 11.6. The van der Waals surface area contributed by atoms with Gasteiger partial charge in [0, 0.05) is 12.1 Å². The van der Waals surface area contributed by atoms with Gasteiger partial charge in [0.05, 0.1) is 16.5 Å². The number of thioether (sulfide) groups is 1. The van der Waals surface area contributed by atoms with E-state index in [1.165, 1.54) is 16.7 Å². The summed E-state index contributed by atoms with van der Waals surface area (Å²) in [5.74, 6) is 0.491. The number of amides is 2. The van der Waals surface area contributed by atoms with Crippen LogP contribution in [0.5, 0.6) is 0 Å². The third kappa shape index (κ3) is 4.70. The van der Waals surface area contributed by atoms with E-state index in [1.54, 1.807) is 0 Å². The quantitative estimate of drug-likeness (QED) is 0.550. The molecule has 1 aromatic carbocycles. The zero-order valence-corrected chi connectivity index (χ0v) is 20.8. The highest BCUT2D eigenvalue weighted by Gasteiger charge is 2.41. The van der Waals surface area contributed by atoms with Gasteiger partial charge in [0.25, 0.3) is 0 Å². The number of benzene rings is 1. The van der Waals surface area contributed by atoms with Gasteiger partial charge < -0.3 is 0 Å². The van der Waals surface area contributed by atoms with Crippen LogP contribution in [0.4, 0.5) is 5.69 Å². The summed E-state index contributed by atoms with van der Waals surface area (Å²) in [5.41, 5.74) is 4.63. The summed E-state index contributed by atoms with van der Waals surface area (Å²) in [6.45, 7) is 11.0. The van der Waals surface area contributed by atoms with Crippen LogP contribution in [-0.2, 0) is 22.4 Å². The van der Waals surface area contributed by atoms with Gasteiger partial charge >= 0.3 is 0 Å². The summed E-state index contributed by atoms with van der Waals surface area (Å²) in [5, 5.41) is 9.77. The molecule has 1 aliphatic heterocycles. The highest BCUT2D eigenvalue weighted by molar-refractivity contribution is 8.00. The lowest BCUT2D eigenvalue weighted by Gasteiger charge is -2.34. The highest BCUT2D eigenvalue weighted by atomic mass is 32.2. The maximum atomic E-state index is 13.2. The van der Waals surface area contributed by atoms with Gasteiger partial charge in [-0.1, -0.05) is 58.5 Å². The van der Waals surface area contributed by atoms with E-state index in [0.29, 0.717) is 28.1 Å². The van der Waals surface area contributed by atoms with Crippen molar-refractivity contribution in [3.05, 3.63) is 52.7 Å². The minimum absolute atomic E-state index is 0.116. The van der Waals surface area contributed by atoms with E-state index in [1.807, 2.05) is 30.3 Å². The standard InChI is InChI=1S/C27H31N3O2S/c1-16(2)17-6-9-21(10-7-17)30-24(31)14-23(26(30)32)33-25-19(15-28)12-18-13-20(27(3,4)5)8-11-22(18)29-25/h6-7,9-10,12,16,20,23H,8,11,13-14H2,1-5H3. The number of carbonyl (C=O) groups is 2. The number of rotatable bonds is 4. The zero-order valence-electron chi connectivity index (χ0n) is 20.0. The molecule has 1 aliphatic carbocycles. The Morgan fingerprint density at radius 1 is 1.15 bits per heavy atom. The Kier molecular flexibility index (Phi) is 6.37. The predicted molar refractivity (Wildman–Crippen MR) is 131 cm³/mol. The molecule has 1 saturated heterocycles. The van der Waals surface area contributed by atoms with Crippen molar-refractivity contribution < 1.29 is 9.59 Å². The Balaban J connectivity index is 1.55. The number of nitriles is 1. The monoisotopic (exact) mass is 461 g/mol. The number of hydrogen-bond acceptors (Lipinski definition) is 5. The Morgan fingerprint density at radius 2 is 1.85 bits per heavy atom. The lowest BCUT2D eigenvalue weighted by Crippen LogP contribution is -2.31. The second-order valence-corrected chi connectivity index (χ2v) is 11.7. The van der Waals surface area contributed by atoms with Gasteiger partial charge in [-0.15, -0.1) is 0 Å². The van der Waals surface area contributed by atoms with Gasteiger partial charge in [-0.3, -0.25) is 9.59 Å². The van der Waals surface area contributed by atoms with Crippen molar-refractivity contribution in [1.29, 1.82) is 5.26 Å². The van der Waals surface area contributed by atoms with Gasteiger partial charge in [0.15, 0.2) is 0 Å². The zero-order chi connectivity index (χ0) is 23.9. The van der Waals surface area contributed by atoms with Crippen LogP contribution in [0, 0.1) is 22.7 Å². The number of carbonyl (C=O) groups excluding carboxylic acids is 2. The smallest absolute Gasteiger partial charge is 0.247 e. The van der Waals surface area contributed by atoms with E-state index < -0.39 is 5.25 Å². The van der Waals surface area contributed by atoms with Crippen LogP contribution >= 0.6 is 11.8 Å². The van der Waals surface area contributed by atoms with Crippen molar-refractivity contribution >= 4 is 29.3 Å². The average molecular weight is 462 g/mol. The van der Waals surface area contributed by atoms with E-state index in [2.05, 4.69) is 40.7 Å². The summed E-state index contributed by atoms with van der Waals surface area (Å²) >= 11 is 1.25. The summed E-state index contributed by atoms with van der Waals surface area (Å²) in [6, 6.07) is 11.8. The van der Waals surface area contributed by atoms with Crippen LogP contribution in [0.3, 0.4) is 0 Å². The van der Waals surface area contributed by atoms with E-state index in [4.69, 9.17) is 4.98 Å². The summed E-state index contributed by atoms with van der Waals surface area (Å²) in [4.78, 5) is 32.0. The van der Waals surface area contributed by atoms with Crippen LogP contribution in [0.25, 0.3) is 0 Å². The second kappa shape index (κ2) is 8.95. The molecule has 1 fully saturated rings. The molecule has 4 rings (SSSR count). The lowest BCUT2D eigenvalue weighted by molar-refractivity contribution is -0.121. The maximum Gasteiger partial charge on any atom is 0.247 e. The molecule has 5 nitrogen and oxygen atoms in total. The van der Waals surface area contributed by atoms with Crippen LogP contribution in [0.15, 0.2) is 35.4 Å². The fourth-order valence-electron chi connectivity index (χ4n) is 4.67. The molecule has 0 bridgehead atoms. The molecular weight excluding hydrogens is 430 g/mol. The summed E-state index contributed by atoms with van der Waals surface area (Å²) in [6.07, 6.45) is 2.99. The Hall–Kier alpha value is -2.65. The average Bonchev–Trinajstić information content (AvgIpc) is 3.05. The molecular formula is C27H31N3O2S. The Morgan fingerprint density at radius 3 is 2.45 bits per heavy atom. The van der Waals surface area contributed by atoms with Gasteiger partial charge in [-0.2, -0.15) is 5.26 Å². The molecule has 2 unspecified atom stereocenters. The first kappa shape index (κ1) is 23.5. The van der Waals surface area contributed by atoms with Gasteiger partial charge in [0.1, 0.15) is 11.1 Å². The summed E-state index contributed by atoms with van der Waals surface area (Å²) in [7, 11) is 0. The molecule has 0 saturated carbocycles. The van der Waals surface area contributed by atoms with Crippen LogP contribution in [0.1, 0.15) is 75.8 Å². The van der Waals surface area contributed by atoms with Crippen molar-refractivity contribution in [1.82, 2.24) is 4.98 Å². The molecule has 2 aliphatic rings. The van der Waals surface area contributed by atoms with Crippen LogP contribution < -0.4 is 4.90 Å². The number of nitrogens with zero attached hydrogens (tertiary/aromatic N) is 3. The van der Waals surface area contributed by atoms with Crippen molar-refractivity contribution in [2.75, 3.05) is 4.90 Å². The third-order valence-corrected chi connectivity index (χ3v) is 8.06. The number of hydrogen-bond donors (Lipinski definition) is 0. The van der Waals surface area contributed by atoms with E-state index in [9.17, 15) is 14.9 Å². The van der Waals surface area contributed by atoms with Gasteiger partial charge in [-0.05, 0) is 65.8 Å².